The van der Waals surface area contributed by atoms with Crippen LogP contribution in [0.15, 0.2) is 11.8 Å². The molecule has 0 aliphatic rings. The Kier molecular flexibility index (Phi) is 5.03. The smallest absolute Gasteiger partial charge is 0.0143 e. The van der Waals surface area contributed by atoms with Crippen molar-refractivity contribution < 1.29 is 0 Å². The molecule has 0 fully saturated rings. The SMILES string of the molecule is C/C=C(/CCN)N(C)CC. The predicted molar refractivity (Wildman–Crippen MR) is 45.7 cm³/mol. The van der Waals surface area contributed by atoms with E-state index in [-0.39, 0.29) is 0 Å². The molecule has 0 aliphatic heterocycles. The summed E-state index contributed by atoms with van der Waals surface area (Å²) in [5, 5.41) is 0. The molecule has 0 rings (SSSR count). The van der Waals surface area contributed by atoms with Gasteiger partial charge < -0.3 is 10.6 Å². The summed E-state index contributed by atoms with van der Waals surface area (Å²) in [6, 6.07) is 0. The van der Waals surface area contributed by atoms with Gasteiger partial charge in [-0.15, -0.1) is 0 Å². The summed E-state index contributed by atoms with van der Waals surface area (Å²) in [6.45, 7) is 5.99. The van der Waals surface area contributed by atoms with Gasteiger partial charge in [0, 0.05) is 19.3 Å². The van der Waals surface area contributed by atoms with Crippen LogP contribution in [0.25, 0.3) is 0 Å². The summed E-state index contributed by atoms with van der Waals surface area (Å²) in [4.78, 5) is 2.22. The summed E-state index contributed by atoms with van der Waals surface area (Å²) < 4.78 is 0. The van der Waals surface area contributed by atoms with Crippen molar-refractivity contribution in [3.63, 3.8) is 0 Å². The third-order valence-corrected chi connectivity index (χ3v) is 1.70. The van der Waals surface area contributed by atoms with Gasteiger partial charge in [-0.25, -0.2) is 0 Å². The third-order valence-electron chi connectivity index (χ3n) is 1.70. The summed E-state index contributed by atoms with van der Waals surface area (Å²) >= 11 is 0. The number of nitrogens with two attached hydrogens (primary N) is 1. The Hall–Kier alpha value is -0.500. The Balaban J connectivity index is 3.82. The first-order valence-electron chi connectivity index (χ1n) is 3.82. The molecule has 0 saturated heterocycles. The standard InChI is InChI=1S/C8H18N2/c1-4-8(6-7-9)10(3)5-2/h4H,5-7,9H2,1-3H3/b8-4-. The van der Waals surface area contributed by atoms with Gasteiger partial charge in [0.1, 0.15) is 0 Å². The molecule has 0 amide bonds. The zero-order valence-electron chi connectivity index (χ0n) is 7.22. The summed E-state index contributed by atoms with van der Waals surface area (Å²) in [7, 11) is 2.09. The number of hydrogen-bond donors (Lipinski definition) is 1. The van der Waals surface area contributed by atoms with Crippen LogP contribution in [0.5, 0.6) is 0 Å². The predicted octanol–water partition coefficient (Wildman–Crippen LogP) is 1.19. The molecule has 2 nitrogen and oxygen atoms in total. The molecule has 2 N–H and O–H groups in total. The highest BCUT2D eigenvalue weighted by Gasteiger charge is 1.97. The first-order valence-corrected chi connectivity index (χ1v) is 3.82. The molecule has 2 heteroatoms. The zero-order valence-corrected chi connectivity index (χ0v) is 7.22. The molecule has 0 radical (unpaired) electrons. The van der Waals surface area contributed by atoms with Gasteiger partial charge in [-0.3, -0.25) is 0 Å². The number of hydrogen-bond acceptors (Lipinski definition) is 2. The van der Waals surface area contributed by atoms with Crippen LogP contribution in [-0.2, 0) is 0 Å². The Bertz CT molecular complexity index is 108. The van der Waals surface area contributed by atoms with Gasteiger partial charge in [-0.2, -0.15) is 0 Å². The first-order chi connectivity index (χ1) is 4.76. The number of rotatable bonds is 4. The maximum atomic E-state index is 5.43. The van der Waals surface area contributed by atoms with E-state index in [2.05, 4.69) is 31.9 Å². The molecule has 0 aliphatic carbocycles. The second-order valence-electron chi connectivity index (χ2n) is 2.33. The quantitative estimate of drug-likeness (QED) is 0.639. The highest BCUT2D eigenvalue weighted by Crippen LogP contribution is 2.03. The largest absolute Gasteiger partial charge is 0.378 e. The third kappa shape index (κ3) is 2.87. The van der Waals surface area contributed by atoms with Gasteiger partial charge in [0.15, 0.2) is 0 Å². The fourth-order valence-corrected chi connectivity index (χ4v) is 0.907. The Morgan fingerprint density at radius 1 is 1.60 bits per heavy atom. The molecule has 0 spiro atoms. The first kappa shape index (κ1) is 9.50. The molecular formula is C8H18N2. The van der Waals surface area contributed by atoms with Gasteiger partial charge in [-0.05, 0) is 26.8 Å². The van der Waals surface area contributed by atoms with Gasteiger partial charge in [0.25, 0.3) is 0 Å². The van der Waals surface area contributed by atoms with Crippen molar-refractivity contribution >= 4 is 0 Å². The number of allylic oxidation sites excluding steroid dienone is 1. The van der Waals surface area contributed by atoms with E-state index in [4.69, 9.17) is 5.73 Å². The Morgan fingerprint density at radius 2 is 2.20 bits per heavy atom. The van der Waals surface area contributed by atoms with E-state index in [0.29, 0.717) is 0 Å². The van der Waals surface area contributed by atoms with E-state index in [0.717, 1.165) is 19.5 Å². The number of nitrogens with zero attached hydrogens (tertiary/aromatic N) is 1. The lowest BCUT2D eigenvalue weighted by Gasteiger charge is -2.19. The van der Waals surface area contributed by atoms with E-state index in [1.807, 2.05) is 0 Å². The second-order valence-corrected chi connectivity index (χ2v) is 2.33. The molecule has 0 aromatic carbocycles. The summed E-state index contributed by atoms with van der Waals surface area (Å²) in [5.41, 5.74) is 6.77. The van der Waals surface area contributed by atoms with Crippen LogP contribution in [0.1, 0.15) is 20.3 Å². The maximum Gasteiger partial charge on any atom is 0.0143 e. The molecule has 0 heterocycles. The fourth-order valence-electron chi connectivity index (χ4n) is 0.907. The van der Waals surface area contributed by atoms with Crippen LogP contribution in [0.4, 0.5) is 0 Å². The van der Waals surface area contributed by atoms with Crippen LogP contribution in [0.3, 0.4) is 0 Å². The van der Waals surface area contributed by atoms with Crippen molar-refractivity contribution in [1.29, 1.82) is 0 Å². The average Bonchev–Trinajstić information content (AvgIpc) is 1.99. The van der Waals surface area contributed by atoms with Crippen LogP contribution >= 0.6 is 0 Å². The van der Waals surface area contributed by atoms with Crippen molar-refractivity contribution in [3.05, 3.63) is 11.8 Å². The van der Waals surface area contributed by atoms with Crippen molar-refractivity contribution in [2.45, 2.75) is 20.3 Å². The van der Waals surface area contributed by atoms with Gasteiger partial charge in [0.05, 0.1) is 0 Å². The lowest BCUT2D eigenvalue weighted by Crippen LogP contribution is -2.19. The van der Waals surface area contributed by atoms with E-state index >= 15 is 0 Å². The molecule has 0 saturated carbocycles. The highest BCUT2D eigenvalue weighted by molar-refractivity contribution is 4.98. The molecule has 0 atom stereocenters. The second kappa shape index (κ2) is 5.30. The summed E-state index contributed by atoms with van der Waals surface area (Å²) in [6.07, 6.45) is 3.11. The zero-order chi connectivity index (χ0) is 7.98. The van der Waals surface area contributed by atoms with Crippen LogP contribution < -0.4 is 5.73 Å². The monoisotopic (exact) mass is 142 g/mol. The molecular weight excluding hydrogens is 124 g/mol. The van der Waals surface area contributed by atoms with Crippen molar-refractivity contribution in [2.24, 2.45) is 5.73 Å². The summed E-state index contributed by atoms with van der Waals surface area (Å²) in [5.74, 6) is 0. The van der Waals surface area contributed by atoms with Crippen molar-refractivity contribution in [3.8, 4) is 0 Å². The van der Waals surface area contributed by atoms with Crippen LogP contribution in [0, 0.1) is 0 Å². The van der Waals surface area contributed by atoms with Gasteiger partial charge >= 0.3 is 0 Å². The molecule has 0 bridgehead atoms. The fraction of sp³-hybridized carbons (Fsp3) is 0.750. The lowest BCUT2D eigenvalue weighted by atomic mass is 10.3. The van der Waals surface area contributed by atoms with Crippen LogP contribution in [0.2, 0.25) is 0 Å². The van der Waals surface area contributed by atoms with Crippen molar-refractivity contribution in [2.75, 3.05) is 20.1 Å². The Labute approximate surface area is 63.7 Å². The minimum absolute atomic E-state index is 0.740. The normalized spacial score (nSPS) is 11.8. The van der Waals surface area contributed by atoms with Gasteiger partial charge in [-0.1, -0.05) is 6.08 Å². The average molecular weight is 142 g/mol. The van der Waals surface area contributed by atoms with E-state index in [1.165, 1.54) is 5.70 Å². The molecule has 0 aromatic heterocycles. The highest BCUT2D eigenvalue weighted by atomic mass is 15.1. The Morgan fingerprint density at radius 3 is 2.50 bits per heavy atom. The van der Waals surface area contributed by atoms with E-state index in [1.54, 1.807) is 0 Å². The lowest BCUT2D eigenvalue weighted by molar-refractivity contribution is 0.424. The molecule has 0 unspecified atom stereocenters. The van der Waals surface area contributed by atoms with Crippen molar-refractivity contribution in [1.82, 2.24) is 4.90 Å². The minimum Gasteiger partial charge on any atom is -0.378 e. The minimum atomic E-state index is 0.740. The molecule has 60 valence electrons. The molecule has 10 heavy (non-hydrogen) atoms. The topological polar surface area (TPSA) is 29.3 Å². The van der Waals surface area contributed by atoms with Crippen LogP contribution in [-0.4, -0.2) is 25.0 Å². The van der Waals surface area contributed by atoms with E-state index in [9.17, 15) is 0 Å². The maximum absolute atomic E-state index is 5.43. The molecule has 0 aromatic rings. The van der Waals surface area contributed by atoms with E-state index < -0.39 is 0 Å². The van der Waals surface area contributed by atoms with Gasteiger partial charge in [0.2, 0.25) is 0 Å².